The van der Waals surface area contributed by atoms with Crippen LogP contribution in [-0.4, -0.2) is 45.9 Å². The Hall–Kier alpha value is -3.26. The van der Waals surface area contributed by atoms with Gasteiger partial charge in [0.05, 0.1) is 6.61 Å². The summed E-state index contributed by atoms with van der Waals surface area (Å²) in [6.07, 6.45) is 9.62. The fourth-order valence-electron chi connectivity index (χ4n) is 4.94. The molecule has 1 aliphatic carbocycles. The molecule has 3 heterocycles. The van der Waals surface area contributed by atoms with Crippen LogP contribution in [0.15, 0.2) is 36.5 Å². The normalized spacial score (nSPS) is 16.9. The van der Waals surface area contributed by atoms with Gasteiger partial charge in [0, 0.05) is 25.8 Å². The molecule has 2 fully saturated rings. The van der Waals surface area contributed by atoms with Crippen LogP contribution in [0.3, 0.4) is 0 Å². The van der Waals surface area contributed by atoms with Crippen LogP contribution in [0, 0.1) is 18.8 Å². The number of aromatic nitrogens is 4. The summed E-state index contributed by atoms with van der Waals surface area (Å²) in [5.41, 5.74) is 3.13. The Morgan fingerprint density at radius 1 is 1.11 bits per heavy atom. The first-order chi connectivity index (χ1) is 17.1. The quantitative estimate of drug-likeness (QED) is 0.477. The standard InChI is InChI=1S/C27H33N5O3/c1-18-6-7-22(35-17-20-9-12-34-13-10-20)16-23(18)21-8-11-28-24(15-21)30-27(33)26-29-25(31-32-26)14-19-4-2-3-5-19/h6-8,11,15-16,19-20H,2-5,9-10,12-14,17H2,1H3,(H,28,30,33)(H,29,31,32). The van der Waals surface area contributed by atoms with E-state index in [1.165, 1.54) is 25.7 Å². The summed E-state index contributed by atoms with van der Waals surface area (Å²) in [5, 5.41) is 9.88. The van der Waals surface area contributed by atoms with Crippen molar-refractivity contribution in [3.05, 3.63) is 53.7 Å². The number of benzene rings is 1. The summed E-state index contributed by atoms with van der Waals surface area (Å²) in [6.45, 7) is 4.39. The highest BCUT2D eigenvalue weighted by Gasteiger charge is 2.20. The Kier molecular flexibility index (Phi) is 7.37. The minimum Gasteiger partial charge on any atom is -0.493 e. The first kappa shape index (κ1) is 23.5. The highest BCUT2D eigenvalue weighted by molar-refractivity contribution is 6.01. The molecule has 0 radical (unpaired) electrons. The van der Waals surface area contributed by atoms with Crippen molar-refractivity contribution in [2.45, 2.75) is 51.9 Å². The van der Waals surface area contributed by atoms with Crippen LogP contribution in [0.5, 0.6) is 5.75 Å². The van der Waals surface area contributed by atoms with Gasteiger partial charge in [-0.15, -0.1) is 5.10 Å². The van der Waals surface area contributed by atoms with E-state index in [1.807, 2.05) is 18.2 Å². The van der Waals surface area contributed by atoms with Crippen molar-refractivity contribution >= 4 is 11.7 Å². The number of carbonyl (C=O) groups is 1. The molecule has 0 spiro atoms. The van der Waals surface area contributed by atoms with Gasteiger partial charge in [-0.25, -0.2) is 9.97 Å². The Morgan fingerprint density at radius 2 is 1.94 bits per heavy atom. The zero-order valence-corrected chi connectivity index (χ0v) is 20.3. The van der Waals surface area contributed by atoms with Crippen molar-refractivity contribution in [2.24, 2.45) is 11.8 Å². The summed E-state index contributed by atoms with van der Waals surface area (Å²) < 4.78 is 11.5. The molecule has 2 aromatic heterocycles. The molecule has 0 atom stereocenters. The largest absolute Gasteiger partial charge is 0.493 e. The zero-order valence-electron chi connectivity index (χ0n) is 20.3. The van der Waals surface area contributed by atoms with Gasteiger partial charge in [-0.1, -0.05) is 31.7 Å². The molecule has 3 aromatic rings. The number of pyridine rings is 1. The van der Waals surface area contributed by atoms with Gasteiger partial charge < -0.3 is 14.8 Å². The van der Waals surface area contributed by atoms with Gasteiger partial charge in [-0.05, 0) is 72.6 Å². The molecule has 5 rings (SSSR count). The second kappa shape index (κ2) is 11.0. The molecular formula is C27H33N5O3. The zero-order chi connectivity index (χ0) is 24.0. The first-order valence-corrected chi connectivity index (χ1v) is 12.6. The predicted octanol–water partition coefficient (Wildman–Crippen LogP) is 4.97. The summed E-state index contributed by atoms with van der Waals surface area (Å²) >= 11 is 0. The fourth-order valence-corrected chi connectivity index (χ4v) is 4.94. The van der Waals surface area contributed by atoms with Crippen LogP contribution < -0.4 is 10.1 Å². The third-order valence-corrected chi connectivity index (χ3v) is 7.04. The maximum absolute atomic E-state index is 12.7. The molecule has 35 heavy (non-hydrogen) atoms. The highest BCUT2D eigenvalue weighted by Crippen LogP contribution is 2.30. The number of hydrogen-bond acceptors (Lipinski definition) is 6. The Bertz CT molecular complexity index is 1150. The first-order valence-electron chi connectivity index (χ1n) is 12.6. The molecule has 8 nitrogen and oxygen atoms in total. The van der Waals surface area contributed by atoms with E-state index in [1.54, 1.807) is 6.20 Å². The van der Waals surface area contributed by atoms with Gasteiger partial charge in [0.15, 0.2) is 0 Å². The molecular weight excluding hydrogens is 442 g/mol. The molecule has 0 bridgehead atoms. The number of aryl methyl sites for hydroxylation is 1. The van der Waals surface area contributed by atoms with E-state index in [-0.39, 0.29) is 11.7 Å². The van der Waals surface area contributed by atoms with Crippen LogP contribution in [0.4, 0.5) is 5.82 Å². The van der Waals surface area contributed by atoms with Crippen molar-refractivity contribution < 1.29 is 14.3 Å². The van der Waals surface area contributed by atoms with Gasteiger partial charge in [-0.3, -0.25) is 9.89 Å². The summed E-state index contributed by atoms with van der Waals surface area (Å²) in [6, 6.07) is 9.93. The van der Waals surface area contributed by atoms with Crippen LogP contribution in [0.25, 0.3) is 11.1 Å². The average molecular weight is 476 g/mol. The molecule has 1 saturated heterocycles. The van der Waals surface area contributed by atoms with Crippen molar-refractivity contribution in [1.82, 2.24) is 20.2 Å². The summed E-state index contributed by atoms with van der Waals surface area (Å²) in [7, 11) is 0. The molecule has 8 heteroatoms. The van der Waals surface area contributed by atoms with E-state index in [9.17, 15) is 4.79 Å². The smallest absolute Gasteiger partial charge is 0.296 e. The van der Waals surface area contributed by atoms with Crippen molar-refractivity contribution in [2.75, 3.05) is 25.1 Å². The Morgan fingerprint density at radius 3 is 2.77 bits per heavy atom. The van der Waals surface area contributed by atoms with E-state index >= 15 is 0 Å². The number of nitrogens with one attached hydrogen (secondary N) is 2. The second-order valence-electron chi connectivity index (χ2n) is 9.69. The predicted molar refractivity (Wildman–Crippen MR) is 133 cm³/mol. The van der Waals surface area contributed by atoms with Crippen LogP contribution in [0.1, 0.15) is 60.5 Å². The van der Waals surface area contributed by atoms with Crippen molar-refractivity contribution in [1.29, 1.82) is 0 Å². The SMILES string of the molecule is Cc1ccc(OCC2CCOCC2)cc1-c1ccnc(NC(=O)c2n[nH]c(CC3CCCC3)n2)c1. The number of aromatic amines is 1. The third kappa shape index (κ3) is 6.06. The lowest BCUT2D eigenvalue weighted by molar-refractivity contribution is 0.0497. The molecule has 1 saturated carbocycles. The van der Waals surface area contributed by atoms with Gasteiger partial charge in [-0.2, -0.15) is 0 Å². The van der Waals surface area contributed by atoms with E-state index in [2.05, 4.69) is 44.5 Å². The molecule has 2 N–H and O–H groups in total. The second-order valence-corrected chi connectivity index (χ2v) is 9.69. The Balaban J connectivity index is 1.24. The lowest BCUT2D eigenvalue weighted by Crippen LogP contribution is -2.21. The van der Waals surface area contributed by atoms with E-state index in [0.717, 1.165) is 60.7 Å². The average Bonchev–Trinajstić information content (AvgIpc) is 3.57. The van der Waals surface area contributed by atoms with E-state index in [4.69, 9.17) is 9.47 Å². The van der Waals surface area contributed by atoms with Crippen LogP contribution in [-0.2, 0) is 11.2 Å². The number of amides is 1. The number of ether oxygens (including phenoxy) is 2. The Labute approximate surface area is 205 Å². The molecule has 0 unspecified atom stereocenters. The third-order valence-electron chi connectivity index (χ3n) is 7.04. The number of carbonyl (C=O) groups excluding carboxylic acids is 1. The highest BCUT2D eigenvalue weighted by atomic mass is 16.5. The lowest BCUT2D eigenvalue weighted by atomic mass is 10.0. The number of rotatable bonds is 8. The number of nitrogens with zero attached hydrogens (tertiary/aromatic N) is 3. The topological polar surface area (TPSA) is 102 Å². The molecule has 2 aliphatic rings. The fraction of sp³-hybridized carbons (Fsp3) is 0.481. The number of hydrogen-bond donors (Lipinski definition) is 2. The van der Waals surface area contributed by atoms with Crippen LogP contribution in [0.2, 0.25) is 0 Å². The maximum atomic E-state index is 12.7. The summed E-state index contributed by atoms with van der Waals surface area (Å²) in [4.78, 5) is 21.5. The van der Waals surface area contributed by atoms with Gasteiger partial charge >= 0.3 is 0 Å². The molecule has 1 aromatic carbocycles. The van der Waals surface area contributed by atoms with Gasteiger partial charge in [0.1, 0.15) is 17.4 Å². The van der Waals surface area contributed by atoms with E-state index < -0.39 is 0 Å². The number of H-pyrrole nitrogens is 1. The van der Waals surface area contributed by atoms with Crippen LogP contribution >= 0.6 is 0 Å². The minimum atomic E-state index is -0.367. The summed E-state index contributed by atoms with van der Waals surface area (Å²) in [5.74, 6) is 3.02. The molecule has 1 aliphatic heterocycles. The van der Waals surface area contributed by atoms with Crippen molar-refractivity contribution in [3.8, 4) is 16.9 Å². The van der Waals surface area contributed by atoms with Gasteiger partial charge in [0.2, 0.25) is 5.82 Å². The number of anilines is 1. The lowest BCUT2D eigenvalue weighted by Gasteiger charge is -2.22. The van der Waals surface area contributed by atoms with Crippen molar-refractivity contribution in [3.63, 3.8) is 0 Å². The maximum Gasteiger partial charge on any atom is 0.296 e. The monoisotopic (exact) mass is 475 g/mol. The van der Waals surface area contributed by atoms with Gasteiger partial charge in [0.25, 0.3) is 5.91 Å². The van der Waals surface area contributed by atoms with E-state index in [0.29, 0.717) is 24.3 Å². The molecule has 184 valence electrons. The minimum absolute atomic E-state index is 0.143. The molecule has 1 amide bonds.